The largest absolute Gasteiger partial charge is 0.433 e. The maximum Gasteiger partial charge on any atom is 0.433 e. The van der Waals surface area contributed by atoms with Gasteiger partial charge in [0.1, 0.15) is 0 Å². The van der Waals surface area contributed by atoms with Crippen molar-refractivity contribution in [1.82, 2.24) is 9.55 Å². The number of nitrogens with zero attached hydrogens (tertiary/aromatic N) is 2. The second kappa shape index (κ2) is 6.18. The van der Waals surface area contributed by atoms with Gasteiger partial charge in [-0.1, -0.05) is 23.2 Å². The lowest BCUT2D eigenvalue weighted by Gasteiger charge is -2.15. The van der Waals surface area contributed by atoms with Crippen LogP contribution in [0, 0.1) is 0 Å². The van der Waals surface area contributed by atoms with Gasteiger partial charge in [-0.05, 0) is 25.1 Å². The van der Waals surface area contributed by atoms with Crippen LogP contribution in [-0.4, -0.2) is 9.55 Å². The summed E-state index contributed by atoms with van der Waals surface area (Å²) in [5, 5.41) is 3.19. The van der Waals surface area contributed by atoms with Crippen LogP contribution in [0.2, 0.25) is 10.0 Å². The lowest BCUT2D eigenvalue weighted by Crippen LogP contribution is -2.26. The summed E-state index contributed by atoms with van der Waals surface area (Å²) in [7, 11) is 0. The molecule has 0 unspecified atom stereocenters. The number of alkyl halides is 3. The van der Waals surface area contributed by atoms with Gasteiger partial charge in [-0.3, -0.25) is 9.36 Å². The van der Waals surface area contributed by atoms with Crippen molar-refractivity contribution in [3.05, 3.63) is 50.4 Å². The van der Waals surface area contributed by atoms with Crippen LogP contribution in [0.1, 0.15) is 12.6 Å². The van der Waals surface area contributed by atoms with Gasteiger partial charge in [0.2, 0.25) is 5.95 Å². The van der Waals surface area contributed by atoms with E-state index in [9.17, 15) is 18.0 Å². The Balaban J connectivity index is 2.56. The molecule has 118 valence electrons. The van der Waals surface area contributed by atoms with Crippen LogP contribution in [0.3, 0.4) is 0 Å². The van der Waals surface area contributed by atoms with Crippen LogP contribution < -0.4 is 10.9 Å². The van der Waals surface area contributed by atoms with Gasteiger partial charge in [0, 0.05) is 17.6 Å². The number of rotatable bonds is 3. The van der Waals surface area contributed by atoms with Gasteiger partial charge in [-0.15, -0.1) is 0 Å². The molecular weight excluding hydrogens is 342 g/mol. The summed E-state index contributed by atoms with van der Waals surface area (Å²) in [5.41, 5.74) is -1.84. The molecule has 0 bridgehead atoms. The van der Waals surface area contributed by atoms with Gasteiger partial charge in [-0.2, -0.15) is 13.2 Å². The highest BCUT2D eigenvalue weighted by atomic mass is 35.5. The number of benzene rings is 1. The molecule has 0 saturated heterocycles. The topological polar surface area (TPSA) is 46.9 Å². The van der Waals surface area contributed by atoms with Gasteiger partial charge in [-0.25, -0.2) is 4.98 Å². The molecule has 1 heterocycles. The molecule has 0 aliphatic carbocycles. The molecule has 0 radical (unpaired) electrons. The van der Waals surface area contributed by atoms with Crippen LogP contribution in [0.4, 0.5) is 24.8 Å². The van der Waals surface area contributed by atoms with E-state index in [2.05, 4.69) is 10.3 Å². The molecule has 2 rings (SSSR count). The van der Waals surface area contributed by atoms with Crippen molar-refractivity contribution in [3.63, 3.8) is 0 Å². The minimum atomic E-state index is -4.72. The molecule has 1 aromatic heterocycles. The Morgan fingerprint density at radius 3 is 2.55 bits per heavy atom. The van der Waals surface area contributed by atoms with E-state index in [0.29, 0.717) is 11.1 Å². The molecule has 0 amide bonds. The number of anilines is 2. The monoisotopic (exact) mass is 351 g/mol. The van der Waals surface area contributed by atoms with E-state index in [4.69, 9.17) is 23.2 Å². The van der Waals surface area contributed by atoms with Crippen LogP contribution in [-0.2, 0) is 12.7 Å². The first-order valence-electron chi connectivity index (χ1n) is 6.13. The Morgan fingerprint density at radius 2 is 1.95 bits per heavy atom. The van der Waals surface area contributed by atoms with Crippen molar-refractivity contribution in [2.75, 3.05) is 5.32 Å². The maximum atomic E-state index is 12.8. The van der Waals surface area contributed by atoms with Crippen molar-refractivity contribution in [2.24, 2.45) is 0 Å². The minimum Gasteiger partial charge on any atom is -0.324 e. The molecular formula is C13H10Cl2F3N3O. The molecule has 22 heavy (non-hydrogen) atoms. The van der Waals surface area contributed by atoms with E-state index in [1.807, 2.05) is 0 Å². The summed E-state index contributed by atoms with van der Waals surface area (Å²) >= 11 is 11.8. The molecule has 0 saturated carbocycles. The van der Waals surface area contributed by atoms with Gasteiger partial charge >= 0.3 is 6.18 Å². The Bertz CT molecular complexity index is 759. The fourth-order valence-electron chi connectivity index (χ4n) is 1.77. The lowest BCUT2D eigenvalue weighted by atomic mass is 10.3. The fraction of sp³-hybridized carbons (Fsp3) is 0.231. The quantitative estimate of drug-likeness (QED) is 0.894. The molecule has 0 aliphatic rings. The highest BCUT2D eigenvalue weighted by molar-refractivity contribution is 6.35. The third-order valence-electron chi connectivity index (χ3n) is 2.79. The Labute approximate surface area is 133 Å². The zero-order valence-electron chi connectivity index (χ0n) is 11.2. The first-order valence-corrected chi connectivity index (χ1v) is 6.89. The third-order valence-corrected chi connectivity index (χ3v) is 3.35. The normalized spacial score (nSPS) is 11.5. The van der Waals surface area contributed by atoms with Crippen LogP contribution in [0.15, 0.2) is 29.1 Å². The van der Waals surface area contributed by atoms with E-state index in [-0.39, 0.29) is 23.2 Å². The summed E-state index contributed by atoms with van der Waals surface area (Å²) in [6.45, 7) is 1.76. The van der Waals surface area contributed by atoms with Crippen LogP contribution in [0.25, 0.3) is 0 Å². The average molecular weight is 352 g/mol. The van der Waals surface area contributed by atoms with Crippen molar-refractivity contribution in [1.29, 1.82) is 0 Å². The first kappa shape index (κ1) is 16.6. The number of aromatic nitrogens is 2. The Hall–Kier alpha value is -1.73. The van der Waals surface area contributed by atoms with E-state index < -0.39 is 17.4 Å². The first-order chi connectivity index (χ1) is 10.2. The summed E-state index contributed by atoms with van der Waals surface area (Å²) in [6.07, 6.45) is -4.72. The molecule has 0 atom stereocenters. The highest BCUT2D eigenvalue weighted by Gasteiger charge is 2.34. The molecule has 0 spiro atoms. The SMILES string of the molecule is CCn1c(Nc2cc(Cl)ccc2Cl)nc(C(F)(F)F)cc1=O. The number of hydrogen-bond donors (Lipinski definition) is 1. The molecule has 2 aromatic rings. The summed E-state index contributed by atoms with van der Waals surface area (Å²) in [4.78, 5) is 15.3. The second-order valence-electron chi connectivity index (χ2n) is 4.29. The van der Waals surface area contributed by atoms with Gasteiger partial charge < -0.3 is 5.32 Å². The lowest BCUT2D eigenvalue weighted by molar-refractivity contribution is -0.141. The van der Waals surface area contributed by atoms with E-state index in [1.165, 1.54) is 18.2 Å². The summed E-state index contributed by atoms with van der Waals surface area (Å²) in [6, 6.07) is 4.89. The minimum absolute atomic E-state index is 0.143. The molecule has 0 aliphatic heterocycles. The number of hydrogen-bond acceptors (Lipinski definition) is 3. The van der Waals surface area contributed by atoms with Crippen molar-refractivity contribution in [2.45, 2.75) is 19.6 Å². The van der Waals surface area contributed by atoms with Crippen LogP contribution in [0.5, 0.6) is 0 Å². The third kappa shape index (κ3) is 3.53. The van der Waals surface area contributed by atoms with Gasteiger partial charge in [0.15, 0.2) is 5.69 Å². The number of halogens is 5. The summed E-state index contributed by atoms with van der Waals surface area (Å²) < 4.78 is 39.4. The van der Waals surface area contributed by atoms with Crippen molar-refractivity contribution in [3.8, 4) is 0 Å². The standard InChI is InChI=1S/C13H10Cl2F3N3O/c1-2-21-11(22)6-10(13(16,17)18)20-12(21)19-9-5-7(14)3-4-8(9)15/h3-6H,2H2,1H3,(H,19,20). The van der Waals surface area contributed by atoms with Crippen molar-refractivity contribution >= 4 is 34.8 Å². The van der Waals surface area contributed by atoms with Crippen LogP contribution >= 0.6 is 23.2 Å². The molecule has 0 fully saturated rings. The second-order valence-corrected chi connectivity index (χ2v) is 5.14. The highest BCUT2D eigenvalue weighted by Crippen LogP contribution is 2.30. The van der Waals surface area contributed by atoms with Gasteiger partial charge in [0.25, 0.3) is 5.56 Å². The smallest absolute Gasteiger partial charge is 0.324 e. The average Bonchev–Trinajstić information content (AvgIpc) is 2.41. The van der Waals surface area contributed by atoms with E-state index in [1.54, 1.807) is 6.92 Å². The Morgan fingerprint density at radius 1 is 1.27 bits per heavy atom. The van der Waals surface area contributed by atoms with E-state index in [0.717, 1.165) is 4.57 Å². The summed E-state index contributed by atoms with van der Waals surface area (Å²) in [5.74, 6) is -0.258. The predicted octanol–water partition coefficient (Wildman–Crippen LogP) is 4.33. The van der Waals surface area contributed by atoms with E-state index >= 15 is 0 Å². The zero-order valence-corrected chi connectivity index (χ0v) is 12.7. The molecule has 1 aromatic carbocycles. The molecule has 9 heteroatoms. The predicted molar refractivity (Wildman–Crippen MR) is 78.9 cm³/mol. The van der Waals surface area contributed by atoms with Crippen molar-refractivity contribution < 1.29 is 13.2 Å². The zero-order chi connectivity index (χ0) is 16.5. The molecule has 1 N–H and O–H groups in total. The molecule has 4 nitrogen and oxygen atoms in total. The van der Waals surface area contributed by atoms with Gasteiger partial charge in [0.05, 0.1) is 10.7 Å². The Kier molecular flexibility index (Phi) is 4.67. The maximum absolute atomic E-state index is 12.8. The fourth-order valence-corrected chi connectivity index (χ4v) is 2.10. The number of nitrogens with one attached hydrogen (secondary N) is 1.